The fourth-order valence-electron chi connectivity index (χ4n) is 1.94. The van der Waals surface area contributed by atoms with Gasteiger partial charge in [0.15, 0.2) is 0 Å². The lowest BCUT2D eigenvalue weighted by Crippen LogP contribution is -2.35. The number of hydrogen-bond donors (Lipinski definition) is 1. The summed E-state index contributed by atoms with van der Waals surface area (Å²) in [7, 11) is 0. The Morgan fingerprint density at radius 1 is 1.38 bits per heavy atom. The van der Waals surface area contributed by atoms with Crippen molar-refractivity contribution in [2.24, 2.45) is 11.8 Å². The van der Waals surface area contributed by atoms with Crippen molar-refractivity contribution in [1.29, 1.82) is 0 Å². The van der Waals surface area contributed by atoms with E-state index in [1.54, 1.807) is 6.08 Å². The Balaban J connectivity index is 2.25. The van der Waals surface area contributed by atoms with Gasteiger partial charge in [-0.3, -0.25) is 4.79 Å². The number of carboxylic acid groups (broad SMARTS) is 1. The van der Waals surface area contributed by atoms with Crippen LogP contribution < -0.4 is 0 Å². The van der Waals surface area contributed by atoms with E-state index in [9.17, 15) is 13.6 Å². The van der Waals surface area contributed by atoms with Gasteiger partial charge in [0.1, 0.15) is 0 Å². The van der Waals surface area contributed by atoms with Crippen LogP contribution in [0, 0.1) is 11.8 Å². The molecule has 1 saturated heterocycles. The molecule has 0 amide bonds. The Morgan fingerprint density at radius 3 is 2.46 bits per heavy atom. The molecule has 0 aromatic rings. The summed E-state index contributed by atoms with van der Waals surface area (Å²) in [6, 6.07) is 0. The minimum absolute atomic E-state index is 0.665. The quantitative estimate of drug-likeness (QED) is 0.658. The lowest BCUT2D eigenvalue weighted by Gasteiger charge is -2.20. The Labute approximate surface area is 73.0 Å². The molecule has 0 spiro atoms. The largest absolute Gasteiger partial charge is 0.481 e. The molecule has 3 nitrogen and oxygen atoms in total. The molecule has 2 bridgehead atoms. The number of rotatable bonds is 2. The molecular formula is C8H8F2O3. The third kappa shape index (κ3) is 1.14. The Bertz CT molecular complexity index is 264. The molecule has 0 unspecified atom stereocenters. The molecule has 0 aromatic carbocycles. The maximum Gasteiger partial charge on any atom is 0.310 e. The van der Waals surface area contributed by atoms with E-state index < -0.39 is 36.4 Å². The van der Waals surface area contributed by atoms with Crippen LogP contribution in [-0.2, 0) is 9.53 Å². The topological polar surface area (TPSA) is 46.5 Å². The van der Waals surface area contributed by atoms with Gasteiger partial charge in [0.05, 0.1) is 24.0 Å². The van der Waals surface area contributed by atoms with Gasteiger partial charge < -0.3 is 9.84 Å². The molecule has 2 aliphatic heterocycles. The lowest BCUT2D eigenvalue weighted by atomic mass is 9.83. The lowest BCUT2D eigenvalue weighted by molar-refractivity contribution is -0.145. The van der Waals surface area contributed by atoms with Gasteiger partial charge >= 0.3 is 5.97 Å². The fourth-order valence-corrected chi connectivity index (χ4v) is 1.94. The molecule has 1 fully saturated rings. The summed E-state index contributed by atoms with van der Waals surface area (Å²) in [6.07, 6.45) is -0.961. The van der Waals surface area contributed by atoms with E-state index >= 15 is 0 Å². The normalized spacial score (nSPS) is 41.8. The zero-order valence-electron chi connectivity index (χ0n) is 6.56. The smallest absolute Gasteiger partial charge is 0.310 e. The van der Waals surface area contributed by atoms with Gasteiger partial charge in [-0.05, 0) is 0 Å². The number of aliphatic carboxylic acids is 1. The predicted octanol–water partition coefficient (Wildman–Crippen LogP) is 0.906. The molecule has 0 saturated carbocycles. The van der Waals surface area contributed by atoms with Gasteiger partial charge in [0, 0.05) is 0 Å². The van der Waals surface area contributed by atoms with E-state index in [1.807, 2.05) is 0 Å². The minimum atomic E-state index is -2.64. The van der Waals surface area contributed by atoms with Crippen LogP contribution in [0.3, 0.4) is 0 Å². The van der Waals surface area contributed by atoms with Crippen LogP contribution in [-0.4, -0.2) is 29.7 Å². The summed E-state index contributed by atoms with van der Waals surface area (Å²) >= 11 is 0. The van der Waals surface area contributed by atoms with Crippen LogP contribution >= 0.6 is 0 Å². The van der Waals surface area contributed by atoms with Gasteiger partial charge in [-0.25, -0.2) is 8.78 Å². The second-order valence-corrected chi connectivity index (χ2v) is 3.23. The maximum absolute atomic E-state index is 12.4. The number of halogens is 2. The summed E-state index contributed by atoms with van der Waals surface area (Å²) in [5.74, 6) is -3.48. The second kappa shape index (κ2) is 2.77. The average molecular weight is 190 g/mol. The second-order valence-electron chi connectivity index (χ2n) is 3.23. The molecule has 2 heterocycles. The van der Waals surface area contributed by atoms with Gasteiger partial charge in [-0.1, -0.05) is 12.2 Å². The van der Waals surface area contributed by atoms with Crippen molar-refractivity contribution in [2.75, 3.05) is 0 Å². The first-order chi connectivity index (χ1) is 6.11. The number of carboxylic acids is 1. The highest BCUT2D eigenvalue weighted by Gasteiger charge is 2.53. The summed E-state index contributed by atoms with van der Waals surface area (Å²) in [6.45, 7) is 0. The zero-order valence-corrected chi connectivity index (χ0v) is 6.56. The van der Waals surface area contributed by atoms with Gasteiger partial charge in [0.2, 0.25) is 6.43 Å². The Morgan fingerprint density at radius 2 is 2.00 bits per heavy atom. The molecule has 0 radical (unpaired) electrons. The number of hydrogen-bond acceptors (Lipinski definition) is 2. The third-order valence-electron chi connectivity index (χ3n) is 2.53. The van der Waals surface area contributed by atoms with E-state index in [4.69, 9.17) is 9.84 Å². The standard InChI is InChI=1S/C8H8F2O3/c9-7(10)5-3-1-2-4(13-3)6(5)8(11)12/h1-7H,(H,11,12)/t3-,4+,5-,6-/m0/s1. The van der Waals surface area contributed by atoms with Crippen molar-refractivity contribution in [3.8, 4) is 0 Å². The van der Waals surface area contributed by atoms with Crippen LogP contribution in [0.25, 0.3) is 0 Å². The molecule has 2 rings (SSSR count). The van der Waals surface area contributed by atoms with E-state index in [1.165, 1.54) is 6.08 Å². The monoisotopic (exact) mass is 190 g/mol. The average Bonchev–Trinajstić information content (AvgIpc) is 2.60. The molecule has 13 heavy (non-hydrogen) atoms. The number of alkyl halides is 2. The van der Waals surface area contributed by atoms with Crippen molar-refractivity contribution in [3.63, 3.8) is 0 Å². The third-order valence-corrected chi connectivity index (χ3v) is 2.53. The summed E-state index contributed by atoms with van der Waals surface area (Å²) in [5, 5.41) is 8.71. The molecule has 4 atom stereocenters. The van der Waals surface area contributed by atoms with Crippen molar-refractivity contribution in [3.05, 3.63) is 12.2 Å². The summed E-state index contributed by atoms with van der Waals surface area (Å²) < 4.78 is 29.9. The van der Waals surface area contributed by atoms with E-state index in [-0.39, 0.29) is 0 Å². The number of fused-ring (bicyclic) bond motifs is 2. The highest BCUT2D eigenvalue weighted by atomic mass is 19.3. The van der Waals surface area contributed by atoms with Crippen LogP contribution in [0.1, 0.15) is 0 Å². The van der Waals surface area contributed by atoms with E-state index in [0.717, 1.165) is 0 Å². The van der Waals surface area contributed by atoms with Crippen molar-refractivity contribution >= 4 is 5.97 Å². The molecular weight excluding hydrogens is 182 g/mol. The molecule has 72 valence electrons. The van der Waals surface area contributed by atoms with Gasteiger partial charge in [0.25, 0.3) is 0 Å². The first kappa shape index (κ1) is 8.62. The molecule has 5 heteroatoms. The highest BCUT2D eigenvalue weighted by molar-refractivity contribution is 5.72. The fraction of sp³-hybridized carbons (Fsp3) is 0.625. The summed E-state index contributed by atoms with van der Waals surface area (Å²) in [5.41, 5.74) is 0. The minimum Gasteiger partial charge on any atom is -0.481 e. The van der Waals surface area contributed by atoms with Gasteiger partial charge in [-0.15, -0.1) is 0 Å². The zero-order chi connectivity index (χ0) is 9.59. The van der Waals surface area contributed by atoms with E-state index in [0.29, 0.717) is 0 Å². The van der Waals surface area contributed by atoms with Crippen molar-refractivity contribution < 1.29 is 23.4 Å². The Kier molecular flexibility index (Phi) is 1.83. The molecule has 0 aliphatic carbocycles. The van der Waals surface area contributed by atoms with Crippen LogP contribution in [0.4, 0.5) is 8.78 Å². The van der Waals surface area contributed by atoms with Crippen LogP contribution in [0.5, 0.6) is 0 Å². The number of ether oxygens (including phenoxy) is 1. The molecule has 0 aromatic heterocycles. The molecule has 2 aliphatic rings. The van der Waals surface area contributed by atoms with E-state index in [2.05, 4.69) is 0 Å². The van der Waals surface area contributed by atoms with Gasteiger partial charge in [-0.2, -0.15) is 0 Å². The SMILES string of the molecule is O=C(O)[C@@H]1[C@@H](C(F)F)[C@@H]2C=C[C@H]1O2. The van der Waals surface area contributed by atoms with Crippen molar-refractivity contribution in [1.82, 2.24) is 0 Å². The summed E-state index contributed by atoms with van der Waals surface area (Å²) in [4.78, 5) is 10.7. The van der Waals surface area contributed by atoms with Crippen LogP contribution in [0.15, 0.2) is 12.2 Å². The maximum atomic E-state index is 12.4. The first-order valence-corrected chi connectivity index (χ1v) is 3.96. The highest BCUT2D eigenvalue weighted by Crippen LogP contribution is 2.42. The van der Waals surface area contributed by atoms with Crippen LogP contribution in [0.2, 0.25) is 0 Å². The number of carbonyl (C=O) groups is 1. The van der Waals surface area contributed by atoms with Crippen molar-refractivity contribution in [2.45, 2.75) is 18.6 Å². The Hall–Kier alpha value is -0.970. The first-order valence-electron chi connectivity index (χ1n) is 3.96. The molecule has 1 N–H and O–H groups in total. The predicted molar refractivity (Wildman–Crippen MR) is 38.4 cm³/mol.